The lowest BCUT2D eigenvalue weighted by molar-refractivity contribution is 0.0941. The fraction of sp³-hybridized carbons (Fsp3) is 0.167. The standard InChI is InChI=1S/C12H10N2O2/c1-9(16)14-7-5-11-10(3-2-8-15)4-6-13-12(11)14/h4-7,15H,8H2,1H3. The highest BCUT2D eigenvalue weighted by molar-refractivity contribution is 5.91. The Morgan fingerprint density at radius 1 is 1.56 bits per heavy atom. The van der Waals surface area contributed by atoms with Crippen LogP contribution in [0.5, 0.6) is 0 Å². The highest BCUT2D eigenvalue weighted by Crippen LogP contribution is 2.16. The van der Waals surface area contributed by atoms with E-state index in [0.717, 1.165) is 10.9 Å². The third-order valence-corrected chi connectivity index (χ3v) is 2.23. The number of aromatic nitrogens is 2. The van der Waals surface area contributed by atoms with Crippen molar-refractivity contribution in [2.45, 2.75) is 6.92 Å². The first-order valence-corrected chi connectivity index (χ1v) is 4.81. The molecule has 0 saturated carbocycles. The van der Waals surface area contributed by atoms with Crippen LogP contribution in [0.1, 0.15) is 17.3 Å². The van der Waals surface area contributed by atoms with E-state index in [9.17, 15) is 4.79 Å². The number of hydrogen-bond donors (Lipinski definition) is 1. The molecule has 2 aromatic rings. The van der Waals surface area contributed by atoms with Crippen molar-refractivity contribution in [2.75, 3.05) is 6.61 Å². The molecule has 2 heterocycles. The molecule has 16 heavy (non-hydrogen) atoms. The molecule has 0 spiro atoms. The molecule has 0 aromatic carbocycles. The van der Waals surface area contributed by atoms with Gasteiger partial charge < -0.3 is 5.11 Å². The molecule has 0 bridgehead atoms. The monoisotopic (exact) mass is 214 g/mol. The Morgan fingerprint density at radius 2 is 2.38 bits per heavy atom. The van der Waals surface area contributed by atoms with E-state index in [-0.39, 0.29) is 12.5 Å². The highest BCUT2D eigenvalue weighted by Gasteiger charge is 2.07. The van der Waals surface area contributed by atoms with Gasteiger partial charge in [-0.1, -0.05) is 11.8 Å². The molecule has 0 atom stereocenters. The Labute approximate surface area is 92.5 Å². The summed E-state index contributed by atoms with van der Waals surface area (Å²) in [5.74, 6) is 5.32. The first-order valence-electron chi connectivity index (χ1n) is 4.81. The van der Waals surface area contributed by atoms with E-state index in [0.29, 0.717) is 5.65 Å². The van der Waals surface area contributed by atoms with Gasteiger partial charge in [0.15, 0.2) is 0 Å². The molecule has 0 aliphatic heterocycles. The van der Waals surface area contributed by atoms with Crippen molar-refractivity contribution in [1.29, 1.82) is 0 Å². The Balaban J connectivity index is 2.66. The van der Waals surface area contributed by atoms with Gasteiger partial charge in [-0.05, 0) is 12.1 Å². The summed E-state index contributed by atoms with van der Waals surface area (Å²) in [5, 5.41) is 9.46. The van der Waals surface area contributed by atoms with Crippen molar-refractivity contribution in [3.05, 3.63) is 30.1 Å². The number of aliphatic hydroxyl groups is 1. The van der Waals surface area contributed by atoms with Crippen molar-refractivity contribution in [2.24, 2.45) is 0 Å². The zero-order valence-electron chi connectivity index (χ0n) is 8.77. The molecule has 1 N–H and O–H groups in total. The third-order valence-electron chi connectivity index (χ3n) is 2.23. The van der Waals surface area contributed by atoms with Gasteiger partial charge >= 0.3 is 0 Å². The maximum Gasteiger partial charge on any atom is 0.229 e. The lowest BCUT2D eigenvalue weighted by atomic mass is 10.2. The van der Waals surface area contributed by atoms with E-state index >= 15 is 0 Å². The van der Waals surface area contributed by atoms with Crippen LogP contribution in [-0.2, 0) is 0 Å². The Kier molecular flexibility index (Phi) is 2.71. The third kappa shape index (κ3) is 1.69. The van der Waals surface area contributed by atoms with Gasteiger partial charge in [-0.3, -0.25) is 9.36 Å². The number of rotatable bonds is 0. The second-order valence-corrected chi connectivity index (χ2v) is 3.26. The topological polar surface area (TPSA) is 55.1 Å². The molecule has 80 valence electrons. The largest absolute Gasteiger partial charge is 0.384 e. The summed E-state index contributed by atoms with van der Waals surface area (Å²) in [6.07, 6.45) is 3.27. The van der Waals surface area contributed by atoms with E-state index in [1.807, 2.05) is 0 Å². The molecule has 0 saturated heterocycles. The number of pyridine rings is 1. The first-order chi connectivity index (χ1) is 7.74. The average molecular weight is 214 g/mol. The van der Waals surface area contributed by atoms with Crippen molar-refractivity contribution >= 4 is 16.9 Å². The van der Waals surface area contributed by atoms with Gasteiger partial charge in [0.2, 0.25) is 5.91 Å². The van der Waals surface area contributed by atoms with Crippen LogP contribution in [0.3, 0.4) is 0 Å². The zero-order chi connectivity index (χ0) is 11.5. The lowest BCUT2D eigenvalue weighted by Crippen LogP contribution is -2.04. The molecule has 0 unspecified atom stereocenters. The predicted molar refractivity (Wildman–Crippen MR) is 60.0 cm³/mol. The van der Waals surface area contributed by atoms with E-state index in [4.69, 9.17) is 5.11 Å². The number of carbonyl (C=O) groups is 1. The minimum Gasteiger partial charge on any atom is -0.384 e. The molecular weight excluding hydrogens is 204 g/mol. The summed E-state index contributed by atoms with van der Waals surface area (Å²) < 4.78 is 1.47. The maximum absolute atomic E-state index is 11.3. The smallest absolute Gasteiger partial charge is 0.229 e. The fourth-order valence-corrected chi connectivity index (χ4v) is 1.54. The summed E-state index contributed by atoms with van der Waals surface area (Å²) in [6, 6.07) is 3.56. The van der Waals surface area contributed by atoms with Crippen LogP contribution >= 0.6 is 0 Å². The Hall–Kier alpha value is -2.12. The van der Waals surface area contributed by atoms with Crippen molar-refractivity contribution in [3.8, 4) is 11.8 Å². The summed E-state index contributed by atoms with van der Waals surface area (Å²) >= 11 is 0. The quantitative estimate of drug-likeness (QED) is 0.667. The molecule has 0 amide bonds. The molecule has 4 heteroatoms. The van der Waals surface area contributed by atoms with Crippen LogP contribution in [0.2, 0.25) is 0 Å². The molecular formula is C12H10N2O2. The molecule has 2 rings (SSSR count). The van der Waals surface area contributed by atoms with Crippen LogP contribution in [0.4, 0.5) is 0 Å². The van der Waals surface area contributed by atoms with Gasteiger partial charge in [0.05, 0.1) is 0 Å². The average Bonchev–Trinajstić information content (AvgIpc) is 2.70. The number of nitrogens with zero attached hydrogens (tertiary/aromatic N) is 2. The van der Waals surface area contributed by atoms with Gasteiger partial charge in [-0.15, -0.1) is 0 Å². The van der Waals surface area contributed by atoms with Gasteiger partial charge in [0.25, 0.3) is 0 Å². The maximum atomic E-state index is 11.3. The fourth-order valence-electron chi connectivity index (χ4n) is 1.54. The molecule has 0 fully saturated rings. The second kappa shape index (κ2) is 4.17. The minimum absolute atomic E-state index is 0.0882. The molecule has 0 aliphatic carbocycles. The van der Waals surface area contributed by atoms with Gasteiger partial charge in [0, 0.05) is 30.3 Å². The van der Waals surface area contributed by atoms with E-state index < -0.39 is 0 Å². The van der Waals surface area contributed by atoms with E-state index in [1.54, 1.807) is 24.5 Å². The van der Waals surface area contributed by atoms with Crippen LogP contribution in [0.15, 0.2) is 24.5 Å². The SMILES string of the molecule is CC(=O)n1ccc2c(C#CCO)ccnc21. The van der Waals surface area contributed by atoms with Crippen LogP contribution in [0, 0.1) is 11.8 Å². The summed E-state index contributed by atoms with van der Waals surface area (Å²) in [4.78, 5) is 15.4. The van der Waals surface area contributed by atoms with Gasteiger partial charge in [0.1, 0.15) is 12.3 Å². The van der Waals surface area contributed by atoms with Crippen molar-refractivity contribution in [3.63, 3.8) is 0 Å². The van der Waals surface area contributed by atoms with Crippen LogP contribution in [0.25, 0.3) is 11.0 Å². The summed E-state index contributed by atoms with van der Waals surface area (Å²) in [7, 11) is 0. The molecule has 0 aliphatic rings. The predicted octanol–water partition coefficient (Wildman–Crippen LogP) is 1.04. The molecule has 4 nitrogen and oxygen atoms in total. The van der Waals surface area contributed by atoms with Crippen LogP contribution in [-0.4, -0.2) is 27.2 Å². The van der Waals surface area contributed by atoms with Crippen molar-refractivity contribution < 1.29 is 9.90 Å². The Morgan fingerprint density at radius 3 is 3.06 bits per heavy atom. The number of hydrogen-bond acceptors (Lipinski definition) is 3. The number of fused-ring (bicyclic) bond motifs is 1. The Bertz CT molecular complexity index is 602. The molecule has 2 aromatic heterocycles. The highest BCUT2D eigenvalue weighted by atomic mass is 16.2. The summed E-state index contributed by atoms with van der Waals surface area (Å²) in [5.41, 5.74) is 1.36. The first kappa shape index (κ1) is 10.4. The molecule has 0 radical (unpaired) electrons. The van der Waals surface area contributed by atoms with Gasteiger partial charge in [-0.2, -0.15) is 0 Å². The summed E-state index contributed by atoms with van der Waals surface area (Å²) in [6.45, 7) is 1.30. The number of carbonyl (C=O) groups excluding carboxylic acids is 1. The normalized spacial score (nSPS) is 9.88. The van der Waals surface area contributed by atoms with E-state index in [2.05, 4.69) is 16.8 Å². The minimum atomic E-state index is -0.183. The van der Waals surface area contributed by atoms with Crippen LogP contribution < -0.4 is 0 Å². The van der Waals surface area contributed by atoms with Crippen molar-refractivity contribution in [1.82, 2.24) is 9.55 Å². The van der Waals surface area contributed by atoms with Gasteiger partial charge in [-0.25, -0.2) is 4.98 Å². The second-order valence-electron chi connectivity index (χ2n) is 3.26. The lowest BCUT2D eigenvalue weighted by Gasteiger charge is -1.98. The number of aliphatic hydroxyl groups excluding tert-OH is 1. The van der Waals surface area contributed by atoms with E-state index in [1.165, 1.54) is 11.5 Å². The zero-order valence-corrected chi connectivity index (χ0v) is 8.77.